The van der Waals surface area contributed by atoms with Crippen molar-refractivity contribution in [1.29, 1.82) is 0 Å². The van der Waals surface area contributed by atoms with Gasteiger partial charge in [-0.25, -0.2) is 18.4 Å². The Labute approximate surface area is 108 Å². The molecule has 3 N–H and O–H groups in total. The van der Waals surface area contributed by atoms with E-state index < -0.39 is 9.84 Å². The first-order valence-electron chi connectivity index (χ1n) is 6.03. The van der Waals surface area contributed by atoms with Crippen LogP contribution in [0.25, 0.3) is 0 Å². The lowest BCUT2D eigenvalue weighted by atomic mass is 10.1. The number of sulfone groups is 1. The van der Waals surface area contributed by atoms with Crippen LogP contribution in [0.2, 0.25) is 0 Å². The molecule has 0 atom stereocenters. The van der Waals surface area contributed by atoms with Gasteiger partial charge in [-0.2, -0.15) is 0 Å². The van der Waals surface area contributed by atoms with Gasteiger partial charge in [-0.3, -0.25) is 0 Å². The number of anilines is 2. The lowest BCUT2D eigenvalue weighted by Gasteiger charge is -2.11. The van der Waals surface area contributed by atoms with Gasteiger partial charge in [-0.15, -0.1) is 0 Å². The Hall–Kier alpha value is -1.37. The molecule has 0 aromatic carbocycles. The Morgan fingerprint density at radius 2 is 2.06 bits per heavy atom. The highest BCUT2D eigenvalue weighted by Crippen LogP contribution is 2.18. The minimum atomic E-state index is -2.96. The average Bonchev–Trinajstić information content (AvgIpc) is 2.33. The summed E-state index contributed by atoms with van der Waals surface area (Å²) in [6.07, 6.45) is 3.08. The van der Waals surface area contributed by atoms with Crippen LogP contribution in [0.15, 0.2) is 6.33 Å². The maximum absolute atomic E-state index is 11.4. The maximum atomic E-state index is 11.4. The number of hydrogen-bond acceptors (Lipinski definition) is 6. The summed E-state index contributed by atoms with van der Waals surface area (Å²) in [5.74, 6) is 1.34. The zero-order valence-corrected chi connectivity index (χ0v) is 11.6. The first-order chi connectivity index (χ1) is 8.50. The third-order valence-corrected chi connectivity index (χ3v) is 4.33. The Kier molecular flexibility index (Phi) is 5.33. The molecule has 1 aromatic heterocycles. The van der Waals surface area contributed by atoms with Crippen molar-refractivity contribution in [2.45, 2.75) is 26.7 Å². The minimum absolute atomic E-state index is 0.0962. The van der Waals surface area contributed by atoms with E-state index in [0.29, 0.717) is 18.2 Å². The molecule has 18 heavy (non-hydrogen) atoms. The largest absolute Gasteiger partial charge is 0.383 e. The number of rotatable bonds is 7. The highest BCUT2D eigenvalue weighted by molar-refractivity contribution is 7.91. The van der Waals surface area contributed by atoms with Gasteiger partial charge in [0, 0.05) is 17.9 Å². The molecule has 0 aliphatic rings. The molecule has 0 amide bonds. The second kappa shape index (κ2) is 6.53. The van der Waals surface area contributed by atoms with Gasteiger partial charge in [0.15, 0.2) is 9.84 Å². The maximum Gasteiger partial charge on any atom is 0.151 e. The molecule has 0 saturated heterocycles. The Balaban J connectivity index is 2.70. The fourth-order valence-corrected chi connectivity index (χ4v) is 2.25. The molecule has 0 spiro atoms. The molecule has 0 aliphatic heterocycles. The third kappa shape index (κ3) is 4.14. The van der Waals surface area contributed by atoms with E-state index in [4.69, 9.17) is 5.73 Å². The molecule has 102 valence electrons. The van der Waals surface area contributed by atoms with Crippen LogP contribution in [0.1, 0.15) is 25.8 Å². The van der Waals surface area contributed by atoms with Gasteiger partial charge in [0.05, 0.1) is 5.75 Å². The summed E-state index contributed by atoms with van der Waals surface area (Å²) < 4.78 is 22.7. The number of hydrogen-bond donors (Lipinski definition) is 2. The Morgan fingerprint density at radius 3 is 2.67 bits per heavy atom. The summed E-state index contributed by atoms with van der Waals surface area (Å²) in [4.78, 5) is 8.05. The molecule has 6 nitrogen and oxygen atoms in total. The summed E-state index contributed by atoms with van der Waals surface area (Å²) in [5.41, 5.74) is 6.64. The molecule has 0 radical (unpaired) electrons. The van der Waals surface area contributed by atoms with E-state index >= 15 is 0 Å². The van der Waals surface area contributed by atoms with Gasteiger partial charge in [0.25, 0.3) is 0 Å². The summed E-state index contributed by atoms with van der Waals surface area (Å²) in [6, 6.07) is 0. The molecule has 0 unspecified atom stereocenters. The fraction of sp³-hybridized carbons (Fsp3) is 0.636. The molecular weight excluding hydrogens is 252 g/mol. The normalized spacial score (nSPS) is 11.4. The molecule has 7 heteroatoms. The van der Waals surface area contributed by atoms with E-state index in [9.17, 15) is 8.42 Å². The first-order valence-corrected chi connectivity index (χ1v) is 7.86. The average molecular weight is 272 g/mol. The van der Waals surface area contributed by atoms with Crippen LogP contribution in [0, 0.1) is 0 Å². The standard InChI is InChI=1S/C11H20N4O2S/c1-3-5-9-10(12)14-8-15-11(9)13-6-7-18(16,17)4-2/h8H,3-7H2,1-2H3,(H3,12,13,14,15). The van der Waals surface area contributed by atoms with Crippen molar-refractivity contribution in [3.63, 3.8) is 0 Å². The highest BCUT2D eigenvalue weighted by atomic mass is 32.2. The lowest BCUT2D eigenvalue weighted by Crippen LogP contribution is -2.18. The van der Waals surface area contributed by atoms with Crippen molar-refractivity contribution >= 4 is 21.5 Å². The van der Waals surface area contributed by atoms with E-state index in [1.54, 1.807) is 6.92 Å². The van der Waals surface area contributed by atoms with Gasteiger partial charge in [-0.05, 0) is 6.42 Å². The second-order valence-electron chi connectivity index (χ2n) is 4.00. The summed E-state index contributed by atoms with van der Waals surface area (Å²) in [7, 11) is -2.96. The smallest absolute Gasteiger partial charge is 0.151 e. The molecule has 0 fully saturated rings. The Bertz CT molecular complexity index is 488. The SMILES string of the molecule is CCCc1c(N)ncnc1NCCS(=O)(=O)CC. The number of aromatic nitrogens is 2. The monoisotopic (exact) mass is 272 g/mol. The van der Waals surface area contributed by atoms with Gasteiger partial charge in [-0.1, -0.05) is 20.3 Å². The third-order valence-electron chi connectivity index (χ3n) is 2.62. The van der Waals surface area contributed by atoms with Crippen molar-refractivity contribution in [3.8, 4) is 0 Å². The first kappa shape index (κ1) is 14.7. The van der Waals surface area contributed by atoms with Crippen LogP contribution >= 0.6 is 0 Å². The van der Waals surface area contributed by atoms with Crippen LogP contribution in [0.5, 0.6) is 0 Å². The Morgan fingerprint density at radius 1 is 1.33 bits per heavy atom. The number of nitrogens with two attached hydrogens (primary N) is 1. The van der Waals surface area contributed by atoms with E-state index in [-0.39, 0.29) is 11.5 Å². The molecule has 1 aromatic rings. The van der Waals surface area contributed by atoms with Gasteiger partial charge in [0.1, 0.15) is 18.0 Å². The van der Waals surface area contributed by atoms with Crippen LogP contribution in [0.3, 0.4) is 0 Å². The van der Waals surface area contributed by atoms with Crippen molar-refractivity contribution in [2.24, 2.45) is 0 Å². The summed E-state index contributed by atoms with van der Waals surface area (Å²) in [5, 5.41) is 3.02. The van der Waals surface area contributed by atoms with Crippen LogP contribution in [0.4, 0.5) is 11.6 Å². The molecule has 1 heterocycles. The summed E-state index contributed by atoms with van der Waals surface area (Å²) in [6.45, 7) is 4.02. The zero-order valence-electron chi connectivity index (χ0n) is 10.8. The lowest BCUT2D eigenvalue weighted by molar-refractivity contribution is 0.597. The van der Waals surface area contributed by atoms with E-state index in [1.165, 1.54) is 6.33 Å². The molecule has 0 saturated carbocycles. The van der Waals surface area contributed by atoms with Crippen LogP contribution in [-0.2, 0) is 16.3 Å². The van der Waals surface area contributed by atoms with E-state index in [2.05, 4.69) is 15.3 Å². The number of nitrogen functional groups attached to an aromatic ring is 1. The summed E-state index contributed by atoms with van der Waals surface area (Å²) >= 11 is 0. The minimum Gasteiger partial charge on any atom is -0.383 e. The topological polar surface area (TPSA) is 98.0 Å². The predicted octanol–water partition coefficient (Wildman–Crippen LogP) is 0.858. The van der Waals surface area contributed by atoms with Crippen molar-refractivity contribution in [1.82, 2.24) is 9.97 Å². The molecule has 1 rings (SSSR count). The molecular formula is C11H20N4O2S. The fourth-order valence-electron chi connectivity index (χ4n) is 1.54. The number of nitrogens with one attached hydrogen (secondary N) is 1. The van der Waals surface area contributed by atoms with Gasteiger partial charge < -0.3 is 11.1 Å². The van der Waals surface area contributed by atoms with E-state index in [0.717, 1.165) is 18.4 Å². The van der Waals surface area contributed by atoms with Crippen molar-refractivity contribution in [2.75, 3.05) is 29.1 Å². The van der Waals surface area contributed by atoms with Crippen molar-refractivity contribution < 1.29 is 8.42 Å². The zero-order chi connectivity index (χ0) is 13.6. The van der Waals surface area contributed by atoms with Crippen molar-refractivity contribution in [3.05, 3.63) is 11.9 Å². The second-order valence-corrected chi connectivity index (χ2v) is 6.47. The van der Waals surface area contributed by atoms with Gasteiger partial charge in [0.2, 0.25) is 0 Å². The quantitative estimate of drug-likeness (QED) is 0.764. The number of nitrogens with zero attached hydrogens (tertiary/aromatic N) is 2. The molecule has 0 aliphatic carbocycles. The highest BCUT2D eigenvalue weighted by Gasteiger charge is 2.10. The molecule has 0 bridgehead atoms. The van der Waals surface area contributed by atoms with Crippen LogP contribution in [-0.4, -0.2) is 36.4 Å². The van der Waals surface area contributed by atoms with Crippen LogP contribution < -0.4 is 11.1 Å². The predicted molar refractivity (Wildman–Crippen MR) is 73.3 cm³/mol. The van der Waals surface area contributed by atoms with Gasteiger partial charge >= 0.3 is 0 Å². The van der Waals surface area contributed by atoms with E-state index in [1.807, 2.05) is 6.92 Å².